The van der Waals surface area contributed by atoms with Crippen molar-refractivity contribution in [3.8, 4) is 0 Å². The quantitative estimate of drug-likeness (QED) is 0.0925. The number of halogens is 1. The SMILES string of the molecule is CCC(C)COCCOCCOCCOCCOCCOCCOCCOCCI. The Labute approximate surface area is 196 Å². The van der Waals surface area contributed by atoms with Crippen LogP contribution in [-0.2, 0) is 37.9 Å². The van der Waals surface area contributed by atoms with Crippen LogP contribution in [0.15, 0.2) is 0 Å². The topological polar surface area (TPSA) is 73.8 Å². The second-order valence-electron chi connectivity index (χ2n) is 6.56. The molecule has 1 atom stereocenters. The third kappa shape index (κ3) is 26.4. The molecule has 0 heterocycles. The lowest BCUT2D eigenvalue weighted by molar-refractivity contribution is -0.0235. The lowest BCUT2D eigenvalue weighted by Crippen LogP contribution is -2.15. The molecule has 0 aliphatic heterocycles. The highest BCUT2D eigenvalue weighted by atomic mass is 127. The number of hydrogen-bond donors (Lipinski definition) is 0. The lowest BCUT2D eigenvalue weighted by Gasteiger charge is -2.10. The average Bonchev–Trinajstić information content (AvgIpc) is 2.76. The first-order valence-corrected chi connectivity index (χ1v) is 12.5. The summed E-state index contributed by atoms with van der Waals surface area (Å²) in [5, 5.41) is 0. The Morgan fingerprint density at radius 2 is 0.733 bits per heavy atom. The fourth-order valence-corrected chi connectivity index (χ4v) is 2.31. The Morgan fingerprint density at radius 1 is 0.467 bits per heavy atom. The molecular formula is C21H43IO8. The van der Waals surface area contributed by atoms with E-state index in [1.54, 1.807) is 0 Å². The Hall–Kier alpha value is 0.410. The minimum atomic E-state index is 0.549. The van der Waals surface area contributed by atoms with E-state index in [1.165, 1.54) is 0 Å². The molecule has 0 aliphatic carbocycles. The van der Waals surface area contributed by atoms with Gasteiger partial charge in [0.2, 0.25) is 0 Å². The molecule has 0 amide bonds. The summed E-state index contributed by atoms with van der Waals surface area (Å²) >= 11 is 2.28. The van der Waals surface area contributed by atoms with Crippen molar-refractivity contribution in [1.29, 1.82) is 0 Å². The van der Waals surface area contributed by atoms with E-state index in [0.717, 1.165) is 24.1 Å². The lowest BCUT2D eigenvalue weighted by atomic mass is 10.1. The first kappa shape index (κ1) is 30.4. The summed E-state index contributed by atoms with van der Waals surface area (Å²) in [5.41, 5.74) is 0. The van der Waals surface area contributed by atoms with E-state index in [9.17, 15) is 0 Å². The average molecular weight is 550 g/mol. The van der Waals surface area contributed by atoms with Crippen LogP contribution < -0.4 is 0 Å². The van der Waals surface area contributed by atoms with Gasteiger partial charge in [0.1, 0.15) is 0 Å². The summed E-state index contributed by atoms with van der Waals surface area (Å²) in [6, 6.07) is 0. The first-order chi connectivity index (χ1) is 14.8. The predicted octanol–water partition coefficient (Wildman–Crippen LogP) is 2.60. The normalized spacial score (nSPS) is 12.5. The van der Waals surface area contributed by atoms with Gasteiger partial charge in [0.25, 0.3) is 0 Å². The standard InChI is InChI=1S/C21H43IO8/c1-3-21(2)20-30-19-18-29-17-16-28-15-14-27-13-12-26-11-10-25-9-8-24-7-6-23-5-4-22/h21H,3-20H2,1-2H3. The molecular weight excluding hydrogens is 507 g/mol. The van der Waals surface area contributed by atoms with E-state index in [0.29, 0.717) is 98.4 Å². The summed E-state index contributed by atoms with van der Waals surface area (Å²) in [6.07, 6.45) is 1.14. The zero-order valence-corrected chi connectivity index (χ0v) is 21.1. The maximum absolute atomic E-state index is 5.51. The van der Waals surface area contributed by atoms with Gasteiger partial charge in [-0.25, -0.2) is 0 Å². The monoisotopic (exact) mass is 550 g/mol. The van der Waals surface area contributed by atoms with Crippen molar-refractivity contribution in [2.45, 2.75) is 20.3 Å². The highest BCUT2D eigenvalue weighted by Crippen LogP contribution is 1.99. The van der Waals surface area contributed by atoms with Crippen LogP contribution in [0.2, 0.25) is 0 Å². The van der Waals surface area contributed by atoms with Crippen molar-refractivity contribution in [2.24, 2.45) is 5.92 Å². The number of alkyl halides is 1. The van der Waals surface area contributed by atoms with Gasteiger partial charge >= 0.3 is 0 Å². The second-order valence-corrected chi connectivity index (χ2v) is 7.64. The third-order valence-corrected chi connectivity index (χ3v) is 4.37. The summed E-state index contributed by atoms with van der Waals surface area (Å²) in [6.45, 7) is 14.0. The van der Waals surface area contributed by atoms with Gasteiger partial charge in [0.15, 0.2) is 0 Å². The van der Waals surface area contributed by atoms with Gasteiger partial charge in [0, 0.05) is 11.0 Å². The van der Waals surface area contributed by atoms with E-state index in [-0.39, 0.29) is 0 Å². The molecule has 0 spiro atoms. The van der Waals surface area contributed by atoms with Gasteiger partial charge in [-0.2, -0.15) is 0 Å². The summed E-state index contributed by atoms with van der Waals surface area (Å²) in [5.74, 6) is 0.609. The molecule has 182 valence electrons. The molecule has 0 aliphatic rings. The van der Waals surface area contributed by atoms with Gasteiger partial charge in [-0.15, -0.1) is 0 Å². The zero-order valence-electron chi connectivity index (χ0n) is 18.9. The molecule has 0 saturated carbocycles. The molecule has 0 N–H and O–H groups in total. The van der Waals surface area contributed by atoms with Crippen molar-refractivity contribution < 1.29 is 37.9 Å². The van der Waals surface area contributed by atoms with Gasteiger partial charge in [-0.05, 0) is 5.92 Å². The van der Waals surface area contributed by atoms with Crippen LogP contribution in [-0.4, -0.2) is 110 Å². The third-order valence-electron chi connectivity index (χ3n) is 3.92. The highest BCUT2D eigenvalue weighted by molar-refractivity contribution is 14.1. The van der Waals surface area contributed by atoms with Crippen molar-refractivity contribution in [3.05, 3.63) is 0 Å². The molecule has 1 unspecified atom stereocenters. The number of rotatable bonds is 26. The predicted molar refractivity (Wildman–Crippen MR) is 125 cm³/mol. The van der Waals surface area contributed by atoms with Crippen molar-refractivity contribution in [1.82, 2.24) is 0 Å². The van der Waals surface area contributed by atoms with E-state index in [4.69, 9.17) is 37.9 Å². The van der Waals surface area contributed by atoms with E-state index in [2.05, 4.69) is 36.4 Å². The Kier molecular flexibility index (Phi) is 27.8. The van der Waals surface area contributed by atoms with Crippen molar-refractivity contribution >= 4 is 22.6 Å². The van der Waals surface area contributed by atoms with Gasteiger partial charge in [-0.1, -0.05) is 42.9 Å². The number of hydrogen-bond acceptors (Lipinski definition) is 8. The van der Waals surface area contributed by atoms with E-state index >= 15 is 0 Å². The van der Waals surface area contributed by atoms with E-state index < -0.39 is 0 Å². The summed E-state index contributed by atoms with van der Waals surface area (Å²) in [4.78, 5) is 0. The molecule has 0 saturated heterocycles. The molecule has 0 bridgehead atoms. The second kappa shape index (κ2) is 27.4. The number of ether oxygens (including phenoxy) is 8. The summed E-state index contributed by atoms with van der Waals surface area (Å²) < 4.78 is 44.4. The molecule has 0 aromatic heterocycles. The Balaban J connectivity index is 3.00. The summed E-state index contributed by atoms with van der Waals surface area (Å²) in [7, 11) is 0. The van der Waals surface area contributed by atoms with Crippen molar-refractivity contribution in [2.75, 3.05) is 110 Å². The Morgan fingerprint density at radius 3 is 1.00 bits per heavy atom. The van der Waals surface area contributed by atoms with Crippen molar-refractivity contribution in [3.63, 3.8) is 0 Å². The molecule has 0 aromatic rings. The van der Waals surface area contributed by atoms with Crippen LogP contribution in [0.25, 0.3) is 0 Å². The molecule has 30 heavy (non-hydrogen) atoms. The maximum Gasteiger partial charge on any atom is 0.0701 e. The van der Waals surface area contributed by atoms with Gasteiger partial charge in [0.05, 0.1) is 99.1 Å². The molecule has 9 heteroatoms. The smallest absolute Gasteiger partial charge is 0.0701 e. The first-order valence-electron chi connectivity index (χ1n) is 11.0. The van der Waals surface area contributed by atoms with Crippen LogP contribution in [0.5, 0.6) is 0 Å². The Bertz CT molecular complexity index is 313. The maximum atomic E-state index is 5.51. The van der Waals surface area contributed by atoms with Crippen LogP contribution in [0, 0.1) is 5.92 Å². The van der Waals surface area contributed by atoms with Crippen LogP contribution >= 0.6 is 22.6 Å². The van der Waals surface area contributed by atoms with Crippen LogP contribution in [0.3, 0.4) is 0 Å². The molecule has 8 nitrogen and oxygen atoms in total. The largest absolute Gasteiger partial charge is 0.379 e. The fourth-order valence-electron chi connectivity index (χ4n) is 2.00. The van der Waals surface area contributed by atoms with Gasteiger partial charge in [-0.3, -0.25) is 0 Å². The van der Waals surface area contributed by atoms with Crippen LogP contribution in [0.1, 0.15) is 20.3 Å². The fraction of sp³-hybridized carbons (Fsp3) is 1.00. The van der Waals surface area contributed by atoms with E-state index in [1.807, 2.05) is 0 Å². The zero-order chi connectivity index (χ0) is 22.0. The minimum absolute atomic E-state index is 0.549. The molecule has 0 rings (SSSR count). The molecule has 0 fully saturated rings. The van der Waals surface area contributed by atoms with Gasteiger partial charge < -0.3 is 37.9 Å². The molecule has 0 aromatic carbocycles. The van der Waals surface area contributed by atoms with Crippen LogP contribution in [0.4, 0.5) is 0 Å². The minimum Gasteiger partial charge on any atom is -0.379 e. The highest BCUT2D eigenvalue weighted by Gasteiger charge is 1.98. The molecule has 0 radical (unpaired) electrons.